The van der Waals surface area contributed by atoms with Gasteiger partial charge in [-0.05, 0) is 33.2 Å². The first kappa shape index (κ1) is 47.2. The van der Waals surface area contributed by atoms with Gasteiger partial charge in [0.05, 0.1) is 19.1 Å². The van der Waals surface area contributed by atoms with E-state index in [1.165, 1.54) is 0 Å². The third-order valence-electron chi connectivity index (χ3n) is 1.61. The van der Waals surface area contributed by atoms with Gasteiger partial charge in [0.2, 0.25) is 0 Å². The van der Waals surface area contributed by atoms with Gasteiger partial charge in [-0.3, -0.25) is 14.1 Å². The Morgan fingerprint density at radius 3 is 1.38 bits per heavy atom. The van der Waals surface area contributed by atoms with Crippen molar-refractivity contribution in [3.8, 4) is 0 Å². The normalized spacial score (nSPS) is 8.23. The zero-order valence-corrected chi connectivity index (χ0v) is 21.0. The summed E-state index contributed by atoms with van der Waals surface area (Å²) in [6, 6.07) is -1.08. The zero-order chi connectivity index (χ0) is 32.0. The third kappa shape index (κ3) is 98.0. The molecule has 0 rings (SSSR count). The van der Waals surface area contributed by atoms with Crippen LogP contribution in [0, 0.1) is 0 Å². The monoisotopic (exact) mass is 602 g/mol. The van der Waals surface area contributed by atoms with E-state index in [9.17, 15) is 18.0 Å². The van der Waals surface area contributed by atoms with Crippen LogP contribution >= 0.6 is 12.6 Å². The smallest absolute Gasteiger partial charge is 0.320 e. The summed E-state index contributed by atoms with van der Waals surface area (Å²) in [4.78, 5) is 33.0. The lowest BCUT2D eigenvalue weighted by molar-refractivity contribution is -0.138. The summed E-state index contributed by atoms with van der Waals surface area (Å²) in [6.45, 7) is -1.07. The fourth-order valence-corrected chi connectivity index (χ4v) is 0.741. The highest BCUT2D eigenvalue weighted by Gasteiger charge is 2.08. The molecule has 0 heterocycles. The Morgan fingerprint density at radius 2 is 1.26 bits per heavy atom. The Morgan fingerprint density at radius 1 is 0.821 bits per heavy atom. The molecule has 0 spiro atoms. The number of aliphatic hydroxyl groups excluding tert-OH is 1. The molecule has 39 heavy (non-hydrogen) atoms. The van der Waals surface area contributed by atoms with E-state index < -0.39 is 47.3 Å². The highest BCUT2D eigenvalue weighted by Crippen LogP contribution is 1.81. The predicted molar refractivity (Wildman–Crippen MR) is 134 cm³/mol. The topological polar surface area (TPSA) is 494 Å². The molecule has 0 aromatic carbocycles. The molecule has 0 radical (unpaired) electrons. The number of nitrogens with zero attached hydrogens (tertiary/aromatic N) is 18. The number of carbonyl (C=O) groups is 2. The Bertz CT molecular complexity index is 1000. The van der Waals surface area contributed by atoms with Crippen molar-refractivity contribution < 1.29 is 37.9 Å². The van der Waals surface area contributed by atoms with Gasteiger partial charge in [-0.2, -0.15) is 21.0 Å². The summed E-state index contributed by atoms with van der Waals surface area (Å²) >= 11 is 3.58. The molecular weight excluding hydrogens is 580 g/mol. The third-order valence-corrected chi connectivity index (χ3v) is 2.18. The molecule has 0 amide bonds. The summed E-state index contributed by atoms with van der Waals surface area (Å²) in [7, 11) is -4.11. The molecule has 8 N–H and O–H groups in total. The maximum absolute atomic E-state index is 9.90. The van der Waals surface area contributed by atoms with Gasteiger partial charge in [0, 0.05) is 29.5 Å². The number of rotatable bonds is 10. The van der Waals surface area contributed by atoms with Crippen LogP contribution in [0.5, 0.6) is 0 Å². The van der Waals surface area contributed by atoms with Gasteiger partial charge in [0.1, 0.15) is 19.3 Å². The average Bonchev–Trinajstić information content (AvgIpc) is 2.87. The molecule has 0 saturated carbocycles. The lowest BCUT2D eigenvalue weighted by Crippen LogP contribution is -2.32. The lowest BCUT2D eigenvalue weighted by Gasteiger charge is -1.97. The number of aliphatic hydroxyl groups is 1. The van der Waals surface area contributed by atoms with E-state index in [-0.39, 0.29) is 19.1 Å². The predicted octanol–water partition coefficient (Wildman–Crippen LogP) is 1.88. The SMILES string of the molecule is [N-]=[N+]=NCC(=O)O.[N-]=[N+]=NCC(N)C(=O)O.[N-]=[N+]=NCN.[N-]=[N+]=NCO.[N-]=[N+]=NCS.[N-]=[N+]=NCS(=O)(=O)O. The standard InChI is InChI=1S/C3H6N4O2.C2H3N3O2.CH4N4.CH3N3O3S.CH3N3O.CH3N3S/c4-2(3(8)9)1-6-7-5;3-5-4-1-2(6)7;2-1-4-5-3;2-4-3-1-8(5,6)7;2*2-4-3-1-5/h2H,1,4H2,(H,8,9);1H2,(H,6,7);1-2H2;1H2,(H,5,6,7);2*5H,1H2. The Labute approximate surface area is 222 Å². The van der Waals surface area contributed by atoms with E-state index in [2.05, 4.69) is 72.8 Å². The van der Waals surface area contributed by atoms with Crippen LogP contribution < -0.4 is 11.5 Å². The number of aliphatic carboxylic acids is 2. The quantitative estimate of drug-likeness (QED) is 0.0625. The van der Waals surface area contributed by atoms with Crippen molar-refractivity contribution in [1.82, 2.24) is 0 Å². The highest BCUT2D eigenvalue weighted by atomic mass is 32.2. The van der Waals surface area contributed by atoms with Gasteiger partial charge >= 0.3 is 11.9 Å². The molecule has 0 aliphatic carbocycles. The highest BCUT2D eigenvalue weighted by molar-refractivity contribution is 7.85. The Hall–Kier alpha value is -5.06. The van der Waals surface area contributed by atoms with Gasteiger partial charge in [-0.15, -0.1) is 0 Å². The van der Waals surface area contributed by atoms with Crippen molar-refractivity contribution in [2.24, 2.45) is 42.2 Å². The number of carboxylic acids is 2. The second-order valence-corrected chi connectivity index (χ2v) is 5.95. The van der Waals surface area contributed by atoms with Crippen LogP contribution in [0.3, 0.4) is 0 Å². The molecule has 28 nitrogen and oxygen atoms in total. The van der Waals surface area contributed by atoms with Crippen LogP contribution in [-0.2, 0) is 19.7 Å². The van der Waals surface area contributed by atoms with E-state index in [1.54, 1.807) is 0 Å². The molecular formula is C9H22N20O8S2. The molecule has 0 aromatic heterocycles. The molecule has 30 heteroatoms. The molecule has 0 bridgehead atoms. The zero-order valence-electron chi connectivity index (χ0n) is 19.3. The first-order valence-corrected chi connectivity index (χ1v) is 10.6. The van der Waals surface area contributed by atoms with E-state index in [0.29, 0.717) is 0 Å². The first-order valence-electron chi connectivity index (χ1n) is 8.38. The minimum Gasteiger partial charge on any atom is -0.481 e. The molecule has 0 aromatic rings. The number of nitrogens with two attached hydrogens (primary N) is 2. The first-order chi connectivity index (χ1) is 18.3. The largest absolute Gasteiger partial charge is 0.481 e. The molecule has 0 aliphatic heterocycles. The number of hydrogen-bond acceptors (Lipinski definition) is 14. The number of carboxylic acid groups (broad SMARTS) is 2. The number of hydrogen-bond donors (Lipinski definition) is 7. The van der Waals surface area contributed by atoms with Crippen LogP contribution in [0.25, 0.3) is 62.7 Å². The average molecular weight is 603 g/mol. The second kappa shape index (κ2) is 43.0. The molecule has 0 aliphatic rings. The van der Waals surface area contributed by atoms with Crippen molar-refractivity contribution in [2.45, 2.75) is 6.04 Å². The maximum atomic E-state index is 9.90. The lowest BCUT2D eigenvalue weighted by atomic mass is 10.3. The number of thiol groups is 1. The van der Waals surface area contributed by atoms with Crippen LogP contribution in [0.15, 0.2) is 30.7 Å². The second-order valence-electron chi connectivity index (χ2n) is 4.24. The maximum Gasteiger partial charge on any atom is 0.320 e. The van der Waals surface area contributed by atoms with Crippen molar-refractivity contribution in [2.75, 3.05) is 38.2 Å². The minimum atomic E-state index is -4.11. The summed E-state index contributed by atoms with van der Waals surface area (Å²) < 4.78 is 27.2. The van der Waals surface area contributed by atoms with E-state index in [4.69, 9.17) is 64.5 Å². The minimum absolute atomic E-state index is 0.0521. The fourth-order valence-electron chi connectivity index (χ4n) is 0.487. The molecule has 1 unspecified atom stereocenters. The van der Waals surface area contributed by atoms with Crippen LogP contribution in [-0.4, -0.2) is 84.5 Å². The fraction of sp³-hybridized carbons (Fsp3) is 0.778. The van der Waals surface area contributed by atoms with Gasteiger partial charge in [-0.1, -0.05) is 30.7 Å². The van der Waals surface area contributed by atoms with Crippen molar-refractivity contribution in [3.05, 3.63) is 62.7 Å². The molecule has 1 atom stereocenters. The molecule has 0 saturated heterocycles. The van der Waals surface area contributed by atoms with Gasteiger partial charge < -0.3 is 26.8 Å². The molecule has 218 valence electrons. The van der Waals surface area contributed by atoms with Crippen molar-refractivity contribution in [3.63, 3.8) is 0 Å². The number of azide groups is 6. The Kier molecular flexibility index (Phi) is 52.1. The van der Waals surface area contributed by atoms with Crippen LogP contribution in [0.4, 0.5) is 0 Å². The van der Waals surface area contributed by atoms with E-state index in [1.807, 2.05) is 0 Å². The molecule has 0 fully saturated rings. The van der Waals surface area contributed by atoms with Crippen molar-refractivity contribution in [1.29, 1.82) is 0 Å². The van der Waals surface area contributed by atoms with E-state index >= 15 is 0 Å². The van der Waals surface area contributed by atoms with Crippen LogP contribution in [0.2, 0.25) is 0 Å². The Balaban J connectivity index is -0.0000000852. The summed E-state index contributed by atoms with van der Waals surface area (Å²) in [5, 5.41) is 40.5. The van der Waals surface area contributed by atoms with Crippen LogP contribution in [0.1, 0.15) is 0 Å². The van der Waals surface area contributed by atoms with Gasteiger partial charge in [0.25, 0.3) is 10.1 Å². The van der Waals surface area contributed by atoms with Crippen molar-refractivity contribution >= 4 is 34.7 Å². The summed E-state index contributed by atoms with van der Waals surface area (Å²) in [6.07, 6.45) is 0. The van der Waals surface area contributed by atoms with Gasteiger partial charge in [-0.25, -0.2) is 0 Å². The summed E-state index contributed by atoms with van der Waals surface area (Å²) in [5.74, 6) is -2.93. The summed E-state index contributed by atoms with van der Waals surface area (Å²) in [5.41, 5.74) is 54.7. The van der Waals surface area contributed by atoms with E-state index in [0.717, 1.165) is 0 Å². The van der Waals surface area contributed by atoms with Gasteiger partial charge in [0.15, 0.2) is 5.88 Å².